The Kier molecular flexibility index (Phi) is 5.10. The summed E-state index contributed by atoms with van der Waals surface area (Å²) < 4.78 is 5.13. The van der Waals surface area contributed by atoms with Crippen LogP contribution in [-0.4, -0.2) is 23.8 Å². The molecule has 124 valence electrons. The normalized spacial score (nSPS) is 9.92. The zero-order valence-corrected chi connectivity index (χ0v) is 13.0. The molecule has 2 N–H and O–H groups in total. The van der Waals surface area contributed by atoms with Gasteiger partial charge >= 0.3 is 0 Å². The van der Waals surface area contributed by atoms with Gasteiger partial charge in [0.2, 0.25) is 5.91 Å². The molecule has 0 unspecified atom stereocenters. The van der Waals surface area contributed by atoms with E-state index in [4.69, 9.17) is 4.74 Å². The number of anilines is 2. The largest absolute Gasteiger partial charge is 0.495 e. The summed E-state index contributed by atoms with van der Waals surface area (Å²) in [5.41, 5.74) is 0.801. The topological polar surface area (TPSA) is 111 Å². The van der Waals surface area contributed by atoms with E-state index in [0.29, 0.717) is 17.1 Å². The highest BCUT2D eigenvalue weighted by atomic mass is 16.6. The number of rotatable bonds is 5. The van der Waals surface area contributed by atoms with Crippen LogP contribution in [0.4, 0.5) is 17.1 Å². The summed E-state index contributed by atoms with van der Waals surface area (Å²) >= 11 is 0. The van der Waals surface area contributed by atoms with Gasteiger partial charge in [-0.2, -0.15) is 0 Å². The first kappa shape index (κ1) is 16.9. The average Bonchev–Trinajstić information content (AvgIpc) is 2.54. The molecule has 2 aromatic carbocycles. The van der Waals surface area contributed by atoms with Gasteiger partial charge in [0.25, 0.3) is 11.6 Å². The molecular formula is C16H15N3O5. The lowest BCUT2D eigenvalue weighted by Crippen LogP contribution is -2.13. The molecule has 0 atom stereocenters. The van der Waals surface area contributed by atoms with Crippen LogP contribution in [0.5, 0.6) is 5.75 Å². The summed E-state index contributed by atoms with van der Waals surface area (Å²) in [4.78, 5) is 33.6. The number of non-ortho nitro benzene ring substituents is 1. The maximum atomic E-state index is 12.2. The molecule has 0 aliphatic rings. The summed E-state index contributed by atoms with van der Waals surface area (Å²) in [5.74, 6) is -0.341. The number of carbonyl (C=O) groups excluding carboxylic acids is 2. The van der Waals surface area contributed by atoms with E-state index >= 15 is 0 Å². The van der Waals surface area contributed by atoms with Crippen molar-refractivity contribution >= 4 is 28.9 Å². The Morgan fingerprint density at radius 2 is 1.88 bits per heavy atom. The van der Waals surface area contributed by atoms with E-state index in [2.05, 4.69) is 10.6 Å². The number of ether oxygens (including phenoxy) is 1. The van der Waals surface area contributed by atoms with Gasteiger partial charge in [0.05, 0.1) is 17.7 Å². The van der Waals surface area contributed by atoms with Crippen molar-refractivity contribution in [3.63, 3.8) is 0 Å². The van der Waals surface area contributed by atoms with Crippen molar-refractivity contribution in [1.29, 1.82) is 0 Å². The van der Waals surface area contributed by atoms with Crippen molar-refractivity contribution in [3.8, 4) is 5.75 Å². The Morgan fingerprint density at radius 3 is 2.50 bits per heavy atom. The maximum absolute atomic E-state index is 12.2. The Labute approximate surface area is 137 Å². The fraction of sp³-hybridized carbons (Fsp3) is 0.125. The quantitative estimate of drug-likeness (QED) is 0.647. The highest BCUT2D eigenvalue weighted by molar-refractivity contribution is 6.05. The number of methoxy groups -OCH3 is 1. The predicted molar refractivity (Wildman–Crippen MR) is 88.3 cm³/mol. The van der Waals surface area contributed by atoms with Crippen LogP contribution in [0.1, 0.15) is 17.3 Å². The van der Waals surface area contributed by atoms with Gasteiger partial charge in [0, 0.05) is 30.3 Å². The minimum absolute atomic E-state index is 0.154. The number of nitro benzene ring substituents is 1. The molecule has 0 bridgehead atoms. The van der Waals surface area contributed by atoms with Crippen molar-refractivity contribution in [3.05, 3.63) is 58.1 Å². The molecular weight excluding hydrogens is 314 g/mol. The van der Waals surface area contributed by atoms with E-state index in [0.717, 1.165) is 0 Å². The fourth-order valence-electron chi connectivity index (χ4n) is 2.04. The monoisotopic (exact) mass is 329 g/mol. The molecule has 0 radical (unpaired) electrons. The molecule has 0 aliphatic carbocycles. The molecule has 0 aliphatic heterocycles. The Morgan fingerprint density at radius 1 is 1.12 bits per heavy atom. The average molecular weight is 329 g/mol. The number of nitro groups is 1. The number of benzene rings is 2. The summed E-state index contributed by atoms with van der Waals surface area (Å²) in [7, 11) is 1.46. The summed E-state index contributed by atoms with van der Waals surface area (Å²) in [6.45, 7) is 1.35. The van der Waals surface area contributed by atoms with E-state index in [1.807, 2.05) is 0 Å². The van der Waals surface area contributed by atoms with Gasteiger partial charge in [-0.3, -0.25) is 19.7 Å². The van der Waals surface area contributed by atoms with Crippen molar-refractivity contribution in [1.82, 2.24) is 0 Å². The number of hydrogen-bond donors (Lipinski definition) is 2. The van der Waals surface area contributed by atoms with Crippen molar-refractivity contribution in [2.24, 2.45) is 0 Å². The fourth-order valence-corrected chi connectivity index (χ4v) is 2.04. The van der Waals surface area contributed by atoms with Crippen LogP contribution in [0.15, 0.2) is 42.5 Å². The third-order valence-electron chi connectivity index (χ3n) is 3.09. The Hall–Kier alpha value is -3.42. The maximum Gasteiger partial charge on any atom is 0.270 e. The zero-order chi connectivity index (χ0) is 17.7. The number of carbonyl (C=O) groups is 2. The van der Waals surface area contributed by atoms with E-state index < -0.39 is 10.8 Å². The van der Waals surface area contributed by atoms with Crippen LogP contribution >= 0.6 is 0 Å². The first-order valence-corrected chi connectivity index (χ1v) is 6.92. The number of nitrogens with zero attached hydrogens (tertiary/aromatic N) is 1. The van der Waals surface area contributed by atoms with Gasteiger partial charge in [-0.25, -0.2) is 0 Å². The lowest BCUT2D eigenvalue weighted by atomic mass is 10.2. The highest BCUT2D eigenvalue weighted by Gasteiger charge is 2.13. The molecule has 2 aromatic rings. The molecule has 0 spiro atoms. The third-order valence-corrected chi connectivity index (χ3v) is 3.09. The highest BCUT2D eigenvalue weighted by Crippen LogP contribution is 2.28. The molecule has 0 heterocycles. The van der Waals surface area contributed by atoms with Crippen LogP contribution in [0, 0.1) is 10.1 Å². The van der Waals surface area contributed by atoms with Gasteiger partial charge in [-0.1, -0.05) is 6.07 Å². The SMILES string of the molecule is COc1ccc(NC(=O)c2cccc([N+](=O)[O-])c2)cc1NC(C)=O. The molecule has 8 nitrogen and oxygen atoms in total. The molecule has 0 aromatic heterocycles. The second-order valence-corrected chi connectivity index (χ2v) is 4.86. The molecule has 2 amide bonds. The molecule has 2 rings (SSSR count). The first-order valence-electron chi connectivity index (χ1n) is 6.92. The summed E-state index contributed by atoms with van der Waals surface area (Å²) in [6, 6.07) is 10.1. The van der Waals surface area contributed by atoms with Gasteiger partial charge < -0.3 is 15.4 Å². The van der Waals surface area contributed by atoms with Crippen molar-refractivity contribution in [2.45, 2.75) is 6.92 Å². The summed E-state index contributed by atoms with van der Waals surface area (Å²) in [5, 5.41) is 16.0. The Bertz CT molecular complexity index is 804. The molecule has 24 heavy (non-hydrogen) atoms. The first-order chi connectivity index (χ1) is 11.4. The van der Waals surface area contributed by atoms with Gasteiger partial charge in [0.15, 0.2) is 0 Å². The van der Waals surface area contributed by atoms with Gasteiger partial charge in [0.1, 0.15) is 5.75 Å². The number of amides is 2. The van der Waals surface area contributed by atoms with E-state index in [1.54, 1.807) is 12.1 Å². The minimum Gasteiger partial charge on any atom is -0.495 e. The minimum atomic E-state index is -0.570. The van der Waals surface area contributed by atoms with E-state index in [1.165, 1.54) is 44.4 Å². The van der Waals surface area contributed by atoms with Crippen LogP contribution in [0.25, 0.3) is 0 Å². The van der Waals surface area contributed by atoms with Crippen molar-refractivity contribution < 1.29 is 19.2 Å². The van der Waals surface area contributed by atoms with E-state index in [9.17, 15) is 19.7 Å². The molecule has 0 fully saturated rings. The number of nitrogens with one attached hydrogen (secondary N) is 2. The van der Waals surface area contributed by atoms with Gasteiger partial charge in [-0.15, -0.1) is 0 Å². The molecule has 8 heteroatoms. The van der Waals surface area contributed by atoms with Crippen LogP contribution in [0.3, 0.4) is 0 Å². The predicted octanol–water partition coefficient (Wildman–Crippen LogP) is 2.81. The van der Waals surface area contributed by atoms with E-state index in [-0.39, 0.29) is 17.2 Å². The number of hydrogen-bond acceptors (Lipinski definition) is 5. The third kappa shape index (κ3) is 4.07. The van der Waals surface area contributed by atoms with Crippen LogP contribution < -0.4 is 15.4 Å². The Balaban J connectivity index is 2.24. The smallest absolute Gasteiger partial charge is 0.270 e. The van der Waals surface area contributed by atoms with Gasteiger partial charge in [-0.05, 0) is 24.3 Å². The molecule has 0 saturated carbocycles. The van der Waals surface area contributed by atoms with Crippen LogP contribution in [0.2, 0.25) is 0 Å². The lowest BCUT2D eigenvalue weighted by molar-refractivity contribution is -0.384. The molecule has 0 saturated heterocycles. The summed E-state index contributed by atoms with van der Waals surface area (Å²) in [6.07, 6.45) is 0. The van der Waals surface area contributed by atoms with Crippen molar-refractivity contribution in [2.75, 3.05) is 17.7 Å². The van der Waals surface area contributed by atoms with Crippen LogP contribution in [-0.2, 0) is 4.79 Å². The second kappa shape index (κ2) is 7.23. The second-order valence-electron chi connectivity index (χ2n) is 4.86. The zero-order valence-electron chi connectivity index (χ0n) is 13.0. The lowest BCUT2D eigenvalue weighted by Gasteiger charge is -2.12. The standard InChI is InChI=1S/C16H15N3O5/c1-10(20)17-14-9-12(6-7-15(14)24-2)18-16(21)11-4-3-5-13(8-11)19(22)23/h3-9H,1-2H3,(H,17,20)(H,18,21).